The van der Waals surface area contributed by atoms with Crippen LogP contribution in [0.15, 0.2) is 67.1 Å². The molecule has 1 saturated carbocycles. The first-order valence-electron chi connectivity index (χ1n) is 13.2. The van der Waals surface area contributed by atoms with Gasteiger partial charge in [0, 0.05) is 48.3 Å². The van der Waals surface area contributed by atoms with E-state index in [-0.39, 0.29) is 18.6 Å². The first-order valence-corrected chi connectivity index (χ1v) is 13.2. The Morgan fingerprint density at radius 3 is 2.60 bits per heavy atom. The third kappa shape index (κ3) is 4.97. The van der Waals surface area contributed by atoms with Crippen LogP contribution in [-0.2, 0) is 4.79 Å². The summed E-state index contributed by atoms with van der Waals surface area (Å²) in [6.45, 7) is 4.99. The Morgan fingerprint density at radius 2 is 1.95 bits per heavy atom. The first kappa shape index (κ1) is 25.8. The number of anilines is 1. The summed E-state index contributed by atoms with van der Waals surface area (Å²) >= 11 is 0. The van der Waals surface area contributed by atoms with Crippen LogP contribution in [0.2, 0.25) is 0 Å². The minimum Gasteiger partial charge on any atom is -0.489 e. The van der Waals surface area contributed by atoms with Crippen LogP contribution in [-0.4, -0.2) is 62.1 Å². The van der Waals surface area contributed by atoms with E-state index < -0.39 is 11.7 Å². The molecule has 2 fully saturated rings. The molecule has 1 aromatic carbocycles. The molecule has 1 aliphatic heterocycles. The van der Waals surface area contributed by atoms with Gasteiger partial charge in [-0.2, -0.15) is 10.4 Å². The number of piperidine rings is 1. The second-order valence-corrected chi connectivity index (χ2v) is 11.1. The van der Waals surface area contributed by atoms with Gasteiger partial charge in [-0.15, -0.1) is 0 Å². The van der Waals surface area contributed by atoms with Crippen LogP contribution in [0.4, 0.5) is 5.82 Å². The van der Waals surface area contributed by atoms with E-state index in [1.165, 1.54) is 6.20 Å². The summed E-state index contributed by atoms with van der Waals surface area (Å²) in [4.78, 5) is 19.5. The molecule has 0 unspecified atom stereocenters. The molecular formula is C30H30N6O4. The van der Waals surface area contributed by atoms with Crippen molar-refractivity contribution >= 4 is 17.2 Å². The summed E-state index contributed by atoms with van der Waals surface area (Å²) in [5.41, 5.74) is 2.25. The summed E-state index contributed by atoms with van der Waals surface area (Å²) in [5, 5.41) is 37.4. The Labute approximate surface area is 231 Å². The number of nitrogens with zero attached hydrogens (tertiary/aromatic N) is 5. The fraction of sp³-hybridized carbons (Fsp3) is 0.333. The lowest BCUT2D eigenvalue weighted by Gasteiger charge is -2.22. The Bertz CT molecular complexity index is 1580. The second-order valence-electron chi connectivity index (χ2n) is 11.1. The van der Waals surface area contributed by atoms with Gasteiger partial charge < -0.3 is 25.2 Å². The van der Waals surface area contributed by atoms with Crippen molar-refractivity contribution < 1.29 is 19.7 Å². The van der Waals surface area contributed by atoms with E-state index in [2.05, 4.69) is 21.4 Å². The predicted molar refractivity (Wildman–Crippen MR) is 147 cm³/mol. The van der Waals surface area contributed by atoms with E-state index >= 15 is 0 Å². The zero-order valence-corrected chi connectivity index (χ0v) is 22.2. The highest BCUT2D eigenvalue weighted by Crippen LogP contribution is 2.47. The minimum atomic E-state index is -1.17. The molecule has 3 N–H and O–H groups in total. The summed E-state index contributed by atoms with van der Waals surface area (Å²) in [7, 11) is 0. The number of carbonyl (C=O) groups excluding carboxylic acids is 1. The maximum Gasteiger partial charge on any atom is 0.253 e. The van der Waals surface area contributed by atoms with E-state index in [1.54, 1.807) is 55.0 Å². The van der Waals surface area contributed by atoms with Crippen molar-refractivity contribution in [3.8, 4) is 22.9 Å². The monoisotopic (exact) mass is 538 g/mol. The Hall–Kier alpha value is -4.46. The Morgan fingerprint density at radius 1 is 1.20 bits per heavy atom. The molecule has 4 aromatic rings. The second kappa shape index (κ2) is 9.93. The number of aliphatic hydroxyl groups excluding tert-OH is 1. The van der Waals surface area contributed by atoms with Crippen molar-refractivity contribution in [3.63, 3.8) is 0 Å². The average Bonchev–Trinajstić information content (AvgIpc) is 3.28. The van der Waals surface area contributed by atoms with Gasteiger partial charge in [0.1, 0.15) is 24.2 Å². The molecule has 0 spiro atoms. The van der Waals surface area contributed by atoms with Gasteiger partial charge in [-0.3, -0.25) is 4.79 Å². The summed E-state index contributed by atoms with van der Waals surface area (Å²) in [6, 6.07) is 17.0. The smallest absolute Gasteiger partial charge is 0.253 e. The maximum atomic E-state index is 12.5. The molecule has 6 rings (SSSR count). The van der Waals surface area contributed by atoms with Gasteiger partial charge in [0.15, 0.2) is 6.10 Å². The van der Waals surface area contributed by atoms with E-state index in [4.69, 9.17) is 9.72 Å². The molecule has 0 bridgehead atoms. The Kier molecular flexibility index (Phi) is 6.41. The maximum absolute atomic E-state index is 12.5. The standard InChI is InChI=1S/C30H30N6O4/c1-30(2,39)17-40-21-10-22(27-20(11-31)13-33-36(27)14-21)19-8-9-25(32-12-19)35-15-23-24(16-35)26(23)34-29(38)28(37)18-6-4-3-5-7-18/h3-10,12-14,23-24,26,28,37,39H,15-17H2,1-2H3,(H,34,38)/t23-,24+,26+,28-/m1/s1. The lowest BCUT2D eigenvalue weighted by Crippen LogP contribution is -2.37. The lowest BCUT2D eigenvalue weighted by molar-refractivity contribution is -0.129. The molecule has 0 radical (unpaired) electrons. The highest BCUT2D eigenvalue weighted by molar-refractivity contribution is 5.85. The van der Waals surface area contributed by atoms with Crippen molar-refractivity contribution in [2.45, 2.75) is 31.6 Å². The number of nitrogens with one attached hydrogen (secondary N) is 1. The van der Waals surface area contributed by atoms with Crippen LogP contribution in [0, 0.1) is 23.2 Å². The molecule has 204 valence electrons. The number of hydrogen-bond acceptors (Lipinski definition) is 8. The lowest BCUT2D eigenvalue weighted by atomic mass is 10.1. The zero-order valence-electron chi connectivity index (χ0n) is 22.2. The molecular weight excluding hydrogens is 508 g/mol. The number of hydrogen-bond donors (Lipinski definition) is 3. The minimum absolute atomic E-state index is 0.0626. The molecule has 10 nitrogen and oxygen atoms in total. The number of pyridine rings is 2. The van der Waals surface area contributed by atoms with Crippen molar-refractivity contribution in [3.05, 3.63) is 78.2 Å². The van der Waals surface area contributed by atoms with Gasteiger partial charge in [0.25, 0.3) is 5.91 Å². The van der Waals surface area contributed by atoms with Crippen LogP contribution in [0.3, 0.4) is 0 Å². The number of nitriles is 1. The third-order valence-electron chi connectivity index (χ3n) is 7.55. The number of aliphatic hydroxyl groups is 2. The number of aromatic nitrogens is 3. The van der Waals surface area contributed by atoms with Crippen LogP contribution in [0.5, 0.6) is 5.75 Å². The topological polar surface area (TPSA) is 136 Å². The highest BCUT2D eigenvalue weighted by Gasteiger charge is 2.57. The molecule has 10 heteroatoms. The number of rotatable bonds is 8. The highest BCUT2D eigenvalue weighted by atomic mass is 16.5. The fourth-order valence-corrected chi connectivity index (χ4v) is 5.43. The molecule has 1 aliphatic carbocycles. The van der Waals surface area contributed by atoms with Crippen LogP contribution < -0.4 is 15.0 Å². The third-order valence-corrected chi connectivity index (χ3v) is 7.55. The van der Waals surface area contributed by atoms with E-state index in [1.807, 2.05) is 24.3 Å². The molecule has 2 aliphatic rings. The molecule has 4 atom stereocenters. The number of fused-ring (bicyclic) bond motifs is 2. The van der Waals surface area contributed by atoms with E-state index in [0.29, 0.717) is 34.2 Å². The van der Waals surface area contributed by atoms with Gasteiger partial charge >= 0.3 is 0 Å². The van der Waals surface area contributed by atoms with E-state index in [0.717, 1.165) is 30.0 Å². The van der Waals surface area contributed by atoms with Gasteiger partial charge in [-0.25, -0.2) is 9.50 Å². The molecule has 1 amide bonds. The largest absolute Gasteiger partial charge is 0.489 e. The van der Waals surface area contributed by atoms with Crippen LogP contribution >= 0.6 is 0 Å². The quantitative estimate of drug-likeness (QED) is 0.312. The predicted octanol–water partition coefficient (Wildman–Crippen LogP) is 2.70. The zero-order chi connectivity index (χ0) is 28.0. The normalized spacial score (nSPS) is 20.6. The molecule has 1 saturated heterocycles. The first-order chi connectivity index (χ1) is 19.2. The SMILES string of the molecule is CC(C)(O)COc1cc(-c2ccc(N3C[C@@H]4[C@H](C3)[C@H]4NC(=O)[C@H](O)c3ccccc3)nc2)c2c(C#N)cnn2c1. The van der Waals surface area contributed by atoms with Crippen molar-refractivity contribution in [2.75, 3.05) is 24.6 Å². The molecule has 40 heavy (non-hydrogen) atoms. The van der Waals surface area contributed by atoms with Gasteiger partial charge in [0.2, 0.25) is 0 Å². The van der Waals surface area contributed by atoms with Gasteiger partial charge in [-0.05, 0) is 37.6 Å². The van der Waals surface area contributed by atoms with Crippen LogP contribution in [0.25, 0.3) is 16.6 Å². The van der Waals surface area contributed by atoms with Crippen molar-refractivity contribution in [1.82, 2.24) is 19.9 Å². The Balaban J connectivity index is 1.14. The fourth-order valence-electron chi connectivity index (χ4n) is 5.43. The number of ether oxygens (including phenoxy) is 1. The van der Waals surface area contributed by atoms with Crippen molar-refractivity contribution in [1.29, 1.82) is 5.26 Å². The van der Waals surface area contributed by atoms with Crippen molar-refractivity contribution in [2.24, 2.45) is 11.8 Å². The number of amides is 1. The summed E-state index contributed by atoms with van der Waals surface area (Å²) in [6.07, 6.45) is 3.82. The number of benzene rings is 1. The average molecular weight is 539 g/mol. The summed E-state index contributed by atoms with van der Waals surface area (Å²) in [5.74, 6) is 1.64. The molecule has 4 heterocycles. The van der Waals surface area contributed by atoms with E-state index in [9.17, 15) is 20.3 Å². The molecule has 3 aromatic heterocycles. The van der Waals surface area contributed by atoms with Crippen LogP contribution in [0.1, 0.15) is 31.1 Å². The number of carbonyl (C=O) groups is 1. The summed E-state index contributed by atoms with van der Waals surface area (Å²) < 4.78 is 7.42. The van der Waals surface area contributed by atoms with Gasteiger partial charge in [-0.1, -0.05) is 30.3 Å². The van der Waals surface area contributed by atoms with Gasteiger partial charge in [0.05, 0.1) is 29.1 Å².